The summed E-state index contributed by atoms with van der Waals surface area (Å²) >= 11 is 0. The third-order valence-electron chi connectivity index (χ3n) is 12.9. The smallest absolute Gasteiger partial charge is 0.408 e. The van der Waals surface area contributed by atoms with Crippen molar-refractivity contribution in [3.8, 4) is 11.6 Å². The molecule has 1 aromatic heterocycles. The molecule has 2 aliphatic carbocycles. The number of sulfonamides is 1. The van der Waals surface area contributed by atoms with E-state index in [2.05, 4.69) is 19.9 Å². The van der Waals surface area contributed by atoms with Gasteiger partial charge in [0.15, 0.2) is 5.75 Å². The molecule has 1 aromatic carbocycles. The molecule has 4 heterocycles. The molecular weight excluding hydrogens is 791 g/mol. The largest absolute Gasteiger partial charge is 0.489 e. The Balaban J connectivity index is 1.29. The van der Waals surface area contributed by atoms with Gasteiger partial charge in [-0.15, -0.1) is 0 Å². The van der Waals surface area contributed by atoms with Gasteiger partial charge in [-0.25, -0.2) is 27.0 Å². The molecule has 4 amide bonds. The lowest BCUT2D eigenvalue weighted by Crippen LogP contribution is -2.66. The highest BCUT2D eigenvalue weighted by Gasteiger charge is 2.62. The maximum atomic E-state index is 15.4. The van der Waals surface area contributed by atoms with E-state index >= 15 is 13.6 Å². The number of hydrogen-bond acceptors (Lipinski definition) is 10. The Morgan fingerprint density at radius 2 is 1.83 bits per heavy atom. The number of carbonyl (C=O) groups is 4. The third-order valence-corrected chi connectivity index (χ3v) is 14.8. The predicted molar refractivity (Wildman–Crippen MR) is 214 cm³/mol. The van der Waals surface area contributed by atoms with Gasteiger partial charge in [-0.05, 0) is 82.4 Å². The molecule has 3 fully saturated rings. The van der Waals surface area contributed by atoms with E-state index < -0.39 is 86.1 Å². The number of ether oxygens (including phenoxy) is 2. The van der Waals surface area contributed by atoms with E-state index in [9.17, 15) is 27.9 Å². The zero-order valence-electron chi connectivity index (χ0n) is 34.2. The van der Waals surface area contributed by atoms with Crippen molar-refractivity contribution >= 4 is 50.3 Å². The maximum Gasteiger partial charge on any atom is 0.408 e. The summed E-state index contributed by atoms with van der Waals surface area (Å²) in [5, 5.41) is 14.1. The first-order valence-electron chi connectivity index (χ1n) is 20.3. The van der Waals surface area contributed by atoms with Gasteiger partial charge in [-0.3, -0.25) is 24.0 Å². The standard InChI is InChI=1S/C41H54F2N6O9S/c1-23-9-7-8-10-25-21-41(25,37(52)46-59(55,56)27-11-12-27)45-34(50)31-20-26(58-35-29-13-14-30-33(28(29)15-16-44-35)57-18-17-47(30)6)22-48(31)36(51)32(24(2)19-23)49(38(53)54)39(3,4)40(5,42)43/h8,10,13-16,23-27,31-32H,7,9,11-12,17-22H2,1-6H3,(H,45,50)(H,46,52)(H,53,54)/b10-8-/t23-,24+,25+,26+,31-,32-,41+/m0/s1. The van der Waals surface area contributed by atoms with Crippen molar-refractivity contribution in [2.75, 3.05) is 31.6 Å². The molecule has 0 spiro atoms. The van der Waals surface area contributed by atoms with E-state index in [4.69, 9.17) is 9.47 Å². The fraction of sp³-hybridized carbons (Fsp3) is 0.634. The highest BCUT2D eigenvalue weighted by Crippen LogP contribution is 2.47. The number of nitrogens with zero attached hydrogens (tertiary/aromatic N) is 4. The van der Waals surface area contributed by atoms with Gasteiger partial charge in [-0.1, -0.05) is 26.0 Å². The minimum absolute atomic E-state index is 0.0934. The molecular formula is C41H54F2N6O9S. The zero-order valence-corrected chi connectivity index (χ0v) is 35.1. The third kappa shape index (κ3) is 8.00. The molecule has 7 atom stereocenters. The minimum Gasteiger partial charge on any atom is -0.489 e. The molecule has 322 valence electrons. The highest BCUT2D eigenvalue weighted by atomic mass is 32.2. The van der Waals surface area contributed by atoms with Gasteiger partial charge in [0.05, 0.1) is 24.0 Å². The van der Waals surface area contributed by atoms with Crippen LogP contribution in [0.4, 0.5) is 19.3 Å². The predicted octanol–water partition coefficient (Wildman–Crippen LogP) is 4.69. The number of carbonyl (C=O) groups excluding carboxylic acids is 3. The quantitative estimate of drug-likeness (QED) is 0.313. The van der Waals surface area contributed by atoms with E-state index in [-0.39, 0.29) is 31.2 Å². The van der Waals surface area contributed by atoms with Crippen LogP contribution in [0.2, 0.25) is 0 Å². The summed E-state index contributed by atoms with van der Waals surface area (Å²) in [4.78, 5) is 65.0. The lowest BCUT2D eigenvalue weighted by Gasteiger charge is -2.47. The summed E-state index contributed by atoms with van der Waals surface area (Å²) in [5.74, 6) is -6.74. The van der Waals surface area contributed by atoms with Crippen LogP contribution in [0.5, 0.6) is 11.6 Å². The number of hydrogen-bond donors (Lipinski definition) is 3. The van der Waals surface area contributed by atoms with Crippen molar-refractivity contribution in [2.45, 2.75) is 120 Å². The van der Waals surface area contributed by atoms with Gasteiger partial charge in [0, 0.05) is 43.3 Å². The molecule has 7 rings (SSSR count). The molecule has 0 bridgehead atoms. The number of rotatable bonds is 8. The van der Waals surface area contributed by atoms with Crippen molar-refractivity contribution in [3.05, 3.63) is 36.5 Å². The van der Waals surface area contributed by atoms with Crippen molar-refractivity contribution in [3.63, 3.8) is 0 Å². The molecule has 59 heavy (non-hydrogen) atoms. The Morgan fingerprint density at radius 3 is 2.51 bits per heavy atom. The average Bonchev–Trinajstić information content (AvgIpc) is 4.08. The summed E-state index contributed by atoms with van der Waals surface area (Å²) in [7, 11) is -2.04. The van der Waals surface area contributed by atoms with Gasteiger partial charge in [0.25, 0.3) is 11.8 Å². The molecule has 0 unspecified atom stereocenters. The molecule has 3 aliphatic heterocycles. The lowest BCUT2D eigenvalue weighted by molar-refractivity contribution is -0.156. The maximum absolute atomic E-state index is 15.4. The number of aromatic nitrogens is 1. The van der Waals surface area contributed by atoms with Crippen LogP contribution in [0.25, 0.3) is 10.8 Å². The fourth-order valence-corrected chi connectivity index (χ4v) is 10.2. The molecule has 3 N–H and O–H groups in total. The van der Waals surface area contributed by atoms with E-state index in [1.54, 1.807) is 25.3 Å². The summed E-state index contributed by atoms with van der Waals surface area (Å²) < 4.78 is 71.4. The van der Waals surface area contributed by atoms with Crippen LogP contribution in [-0.2, 0) is 24.4 Å². The molecule has 5 aliphatic rings. The van der Waals surface area contributed by atoms with Crippen LogP contribution in [-0.4, -0.2) is 119 Å². The monoisotopic (exact) mass is 844 g/mol. The number of nitrogens with one attached hydrogen (secondary N) is 2. The first-order chi connectivity index (χ1) is 27.7. The summed E-state index contributed by atoms with van der Waals surface area (Å²) in [5.41, 5.74) is -3.14. The second kappa shape index (κ2) is 15.4. The minimum atomic E-state index is -3.99. The van der Waals surface area contributed by atoms with E-state index in [0.717, 1.165) is 29.8 Å². The number of alkyl halides is 2. The van der Waals surface area contributed by atoms with Gasteiger partial charge >= 0.3 is 6.09 Å². The summed E-state index contributed by atoms with van der Waals surface area (Å²) in [6, 6.07) is 2.48. The zero-order chi connectivity index (χ0) is 42.8. The lowest BCUT2D eigenvalue weighted by atomic mass is 9.84. The van der Waals surface area contributed by atoms with Crippen molar-refractivity contribution in [2.24, 2.45) is 17.8 Å². The first kappa shape index (κ1) is 42.4. The molecule has 18 heteroatoms. The summed E-state index contributed by atoms with van der Waals surface area (Å²) in [6.07, 6.45) is 4.75. The topological polar surface area (TPSA) is 188 Å². The van der Waals surface area contributed by atoms with Gasteiger partial charge in [0.2, 0.25) is 27.7 Å². The number of likely N-dealkylation sites (N-methyl/N-ethyl adjacent to an activating group) is 1. The second-order valence-corrected chi connectivity index (χ2v) is 19.7. The van der Waals surface area contributed by atoms with E-state index in [0.29, 0.717) is 68.2 Å². The second-order valence-electron chi connectivity index (χ2n) is 17.7. The number of allylic oxidation sites excluding steroid dienone is 1. The SMILES string of the molecule is C[C@H]1CC/C=C\[C@@H]2C[C@@]2(C(=O)NS(=O)(=O)C2CC2)NC(=O)[C@@H]2C[C@@H](Oc3nccc4c5c(ccc34)N(C)CCO5)CN2C(=O)[C@@H](N(C(=O)O)C(C)(C)C(C)(F)F)[C@H](C)C1. The van der Waals surface area contributed by atoms with Crippen molar-refractivity contribution in [1.82, 2.24) is 24.8 Å². The van der Waals surface area contributed by atoms with Crippen molar-refractivity contribution in [1.29, 1.82) is 0 Å². The Labute approximate surface area is 342 Å². The number of benzene rings is 1. The fourth-order valence-electron chi connectivity index (χ4n) is 8.86. The normalized spacial score (nSPS) is 29.8. The number of anilines is 1. The molecule has 1 saturated heterocycles. The number of carboxylic acid groups (broad SMARTS) is 1. The van der Waals surface area contributed by atoms with Crippen LogP contribution in [0.15, 0.2) is 36.5 Å². The Kier molecular flexibility index (Phi) is 11.0. The number of fused-ring (bicyclic) bond motifs is 5. The van der Waals surface area contributed by atoms with Gasteiger partial charge < -0.3 is 29.7 Å². The molecule has 0 radical (unpaired) electrons. The van der Waals surface area contributed by atoms with Crippen LogP contribution in [0, 0.1) is 17.8 Å². The average molecular weight is 845 g/mol. The number of pyridine rings is 1. The Bertz CT molecular complexity index is 2160. The van der Waals surface area contributed by atoms with Crippen LogP contribution in [0.3, 0.4) is 0 Å². The molecule has 15 nitrogen and oxygen atoms in total. The summed E-state index contributed by atoms with van der Waals surface area (Å²) in [6.45, 7) is 7.24. The van der Waals surface area contributed by atoms with Crippen LogP contribution < -0.4 is 24.4 Å². The molecule has 2 aromatic rings. The van der Waals surface area contributed by atoms with E-state index in [1.807, 2.05) is 32.2 Å². The van der Waals surface area contributed by atoms with Gasteiger partial charge in [0.1, 0.15) is 35.9 Å². The molecule has 2 saturated carbocycles. The number of halogens is 2. The Hall–Kier alpha value is -4.74. The first-order valence-corrected chi connectivity index (χ1v) is 21.9. The number of amides is 4. The van der Waals surface area contributed by atoms with Gasteiger partial charge in [-0.2, -0.15) is 0 Å². The van der Waals surface area contributed by atoms with Crippen LogP contribution >= 0.6 is 0 Å². The van der Waals surface area contributed by atoms with E-state index in [1.165, 1.54) is 0 Å². The highest BCUT2D eigenvalue weighted by molar-refractivity contribution is 7.91. The van der Waals surface area contributed by atoms with Crippen molar-refractivity contribution < 1.29 is 51.0 Å². The Morgan fingerprint density at radius 1 is 1.10 bits per heavy atom. The van der Waals surface area contributed by atoms with Crippen LogP contribution in [0.1, 0.15) is 79.6 Å².